The normalized spacial score (nSPS) is 25.0. The molecule has 0 radical (unpaired) electrons. The Bertz CT molecular complexity index is 812. The van der Waals surface area contributed by atoms with Crippen molar-refractivity contribution in [2.75, 3.05) is 45.2 Å². The minimum atomic E-state index is -0.374. The van der Waals surface area contributed by atoms with Crippen molar-refractivity contribution in [1.82, 2.24) is 15.1 Å². The number of nitrogens with zero attached hydrogens (tertiary/aromatic N) is 3. The summed E-state index contributed by atoms with van der Waals surface area (Å²) in [6.07, 6.45) is 1.67. The highest BCUT2D eigenvalue weighted by Crippen LogP contribution is 2.37. The lowest BCUT2D eigenvalue weighted by molar-refractivity contribution is -0.137. The summed E-state index contributed by atoms with van der Waals surface area (Å²) in [5.41, 5.74) is 2.45. The fourth-order valence-electron chi connectivity index (χ4n) is 4.35. The first kappa shape index (κ1) is 18.9. The third kappa shape index (κ3) is 3.49. The summed E-state index contributed by atoms with van der Waals surface area (Å²) in [7, 11) is 3.96. The second kappa shape index (κ2) is 7.52. The molecular formula is C20H26N4O4. The van der Waals surface area contributed by atoms with E-state index in [1.54, 1.807) is 0 Å². The van der Waals surface area contributed by atoms with Crippen LogP contribution in [0.4, 0.5) is 5.69 Å². The lowest BCUT2D eigenvalue weighted by atomic mass is 10.00. The number of rotatable bonds is 4. The zero-order valence-electron chi connectivity index (χ0n) is 16.3. The second-order valence-electron chi connectivity index (χ2n) is 7.94. The molecule has 28 heavy (non-hydrogen) atoms. The fourth-order valence-corrected chi connectivity index (χ4v) is 4.35. The average molecular weight is 386 g/mol. The highest BCUT2D eigenvalue weighted by atomic mass is 16.5. The van der Waals surface area contributed by atoms with Crippen LogP contribution in [0.5, 0.6) is 5.75 Å². The van der Waals surface area contributed by atoms with Gasteiger partial charge in [0, 0.05) is 38.2 Å². The van der Waals surface area contributed by atoms with E-state index in [9.17, 15) is 14.4 Å². The standard InChI is InChI=1S/C20H26N4O4/c1-22-5-6-24-15(10-22)12-28-18-8-14(11-25)13(7-17(18)24)9-23(2)16-3-4-19(26)21-20(16)27/h7-8,11,15-16H,3-6,9-10,12H2,1-2H3,(H,21,26,27)/t15?,16-/m1/s1. The van der Waals surface area contributed by atoms with Gasteiger partial charge in [0.15, 0.2) is 6.29 Å². The van der Waals surface area contributed by atoms with E-state index in [0.717, 1.165) is 42.9 Å². The van der Waals surface area contributed by atoms with Gasteiger partial charge in [-0.05, 0) is 38.2 Å². The van der Waals surface area contributed by atoms with Gasteiger partial charge in [-0.25, -0.2) is 0 Å². The number of anilines is 1. The molecule has 0 bridgehead atoms. The number of carbonyl (C=O) groups is 3. The molecule has 2 atom stereocenters. The van der Waals surface area contributed by atoms with Crippen LogP contribution in [0.3, 0.4) is 0 Å². The number of carbonyl (C=O) groups excluding carboxylic acids is 3. The zero-order chi connectivity index (χ0) is 19.8. The Balaban J connectivity index is 1.59. The predicted octanol–water partition coefficient (Wildman–Crippen LogP) is 0.249. The highest BCUT2D eigenvalue weighted by molar-refractivity contribution is 6.00. The molecule has 2 saturated heterocycles. The molecule has 1 aromatic rings. The molecule has 3 heterocycles. The molecule has 8 heteroatoms. The smallest absolute Gasteiger partial charge is 0.243 e. The van der Waals surface area contributed by atoms with Crippen molar-refractivity contribution < 1.29 is 19.1 Å². The Morgan fingerprint density at radius 3 is 2.89 bits per heavy atom. The van der Waals surface area contributed by atoms with Crippen LogP contribution in [0.15, 0.2) is 12.1 Å². The number of hydrogen-bond acceptors (Lipinski definition) is 7. The van der Waals surface area contributed by atoms with Crippen molar-refractivity contribution in [3.8, 4) is 5.75 Å². The van der Waals surface area contributed by atoms with E-state index in [4.69, 9.17) is 4.74 Å². The molecule has 3 aliphatic rings. The van der Waals surface area contributed by atoms with Crippen molar-refractivity contribution in [2.24, 2.45) is 0 Å². The molecule has 0 aliphatic carbocycles. The number of nitrogens with one attached hydrogen (secondary N) is 1. The second-order valence-corrected chi connectivity index (χ2v) is 7.94. The van der Waals surface area contributed by atoms with E-state index < -0.39 is 0 Å². The van der Waals surface area contributed by atoms with Crippen LogP contribution in [0, 0.1) is 0 Å². The minimum Gasteiger partial charge on any atom is -0.489 e. The fraction of sp³-hybridized carbons (Fsp3) is 0.550. The predicted molar refractivity (Wildman–Crippen MR) is 104 cm³/mol. The SMILES string of the molecule is CN1CCN2c3cc(CN(C)[C@@H]4CCC(=O)NC4=O)c(C=O)cc3OCC2C1. The lowest BCUT2D eigenvalue weighted by Gasteiger charge is -2.45. The van der Waals surface area contributed by atoms with E-state index >= 15 is 0 Å². The van der Waals surface area contributed by atoms with Gasteiger partial charge in [-0.3, -0.25) is 24.6 Å². The van der Waals surface area contributed by atoms with Gasteiger partial charge in [-0.15, -0.1) is 0 Å². The topological polar surface area (TPSA) is 82.2 Å². The van der Waals surface area contributed by atoms with Crippen molar-refractivity contribution in [3.05, 3.63) is 23.3 Å². The number of imide groups is 1. The molecule has 0 aromatic heterocycles. The Morgan fingerprint density at radius 1 is 1.32 bits per heavy atom. The van der Waals surface area contributed by atoms with Crippen molar-refractivity contribution in [3.63, 3.8) is 0 Å². The number of amides is 2. The number of aldehydes is 1. The van der Waals surface area contributed by atoms with Gasteiger partial charge in [-0.2, -0.15) is 0 Å². The summed E-state index contributed by atoms with van der Waals surface area (Å²) in [4.78, 5) is 41.8. The highest BCUT2D eigenvalue weighted by Gasteiger charge is 2.34. The van der Waals surface area contributed by atoms with Crippen LogP contribution in [0.2, 0.25) is 0 Å². The number of fused-ring (bicyclic) bond motifs is 3. The summed E-state index contributed by atoms with van der Waals surface area (Å²) < 4.78 is 5.95. The number of benzene rings is 1. The summed E-state index contributed by atoms with van der Waals surface area (Å²) in [6.45, 7) is 3.91. The van der Waals surface area contributed by atoms with Gasteiger partial charge in [0.05, 0.1) is 17.8 Å². The van der Waals surface area contributed by atoms with Crippen molar-refractivity contribution >= 4 is 23.8 Å². The molecule has 0 saturated carbocycles. The Kier molecular flexibility index (Phi) is 5.07. The first-order chi connectivity index (χ1) is 13.5. The third-order valence-corrected chi connectivity index (χ3v) is 5.94. The van der Waals surface area contributed by atoms with E-state index in [1.807, 2.05) is 24.1 Å². The van der Waals surface area contributed by atoms with E-state index in [1.165, 1.54) is 0 Å². The maximum atomic E-state index is 12.2. The van der Waals surface area contributed by atoms with Gasteiger partial charge in [0.2, 0.25) is 11.8 Å². The number of ether oxygens (including phenoxy) is 1. The van der Waals surface area contributed by atoms with Crippen LogP contribution in [0.25, 0.3) is 0 Å². The molecule has 1 N–H and O–H groups in total. The maximum Gasteiger partial charge on any atom is 0.243 e. The molecule has 1 aromatic carbocycles. The van der Waals surface area contributed by atoms with Gasteiger partial charge >= 0.3 is 0 Å². The lowest BCUT2D eigenvalue weighted by Crippen LogP contribution is -2.56. The number of hydrogen-bond donors (Lipinski definition) is 1. The molecule has 8 nitrogen and oxygen atoms in total. The summed E-state index contributed by atoms with van der Waals surface area (Å²) in [5.74, 6) is 0.248. The van der Waals surface area contributed by atoms with Crippen LogP contribution >= 0.6 is 0 Å². The Labute approximate surface area is 164 Å². The Morgan fingerprint density at radius 2 is 2.14 bits per heavy atom. The zero-order valence-corrected chi connectivity index (χ0v) is 16.3. The average Bonchev–Trinajstić information content (AvgIpc) is 2.67. The van der Waals surface area contributed by atoms with Gasteiger partial charge in [0.25, 0.3) is 0 Å². The molecule has 150 valence electrons. The molecule has 0 spiro atoms. The van der Waals surface area contributed by atoms with Crippen LogP contribution < -0.4 is 15.0 Å². The molecule has 1 unspecified atom stereocenters. The van der Waals surface area contributed by atoms with Gasteiger partial charge in [-0.1, -0.05) is 0 Å². The van der Waals surface area contributed by atoms with Crippen molar-refractivity contribution in [2.45, 2.75) is 31.5 Å². The van der Waals surface area contributed by atoms with Gasteiger partial charge < -0.3 is 14.5 Å². The summed E-state index contributed by atoms with van der Waals surface area (Å²) in [6, 6.07) is 3.76. The van der Waals surface area contributed by atoms with Crippen LogP contribution in [-0.2, 0) is 16.1 Å². The van der Waals surface area contributed by atoms with E-state index in [-0.39, 0.29) is 17.9 Å². The largest absolute Gasteiger partial charge is 0.489 e. The molecule has 2 amide bonds. The molecular weight excluding hydrogens is 360 g/mol. The molecule has 3 aliphatic heterocycles. The Hall–Kier alpha value is -2.45. The maximum absolute atomic E-state index is 12.2. The molecule has 2 fully saturated rings. The third-order valence-electron chi connectivity index (χ3n) is 5.94. The van der Waals surface area contributed by atoms with Gasteiger partial charge in [0.1, 0.15) is 12.4 Å². The number of likely N-dealkylation sites (N-methyl/N-ethyl adjacent to an activating group) is 2. The number of piperazine rings is 1. The van der Waals surface area contributed by atoms with Crippen LogP contribution in [-0.4, -0.2) is 80.3 Å². The minimum absolute atomic E-state index is 0.227. The van der Waals surface area contributed by atoms with Crippen molar-refractivity contribution in [1.29, 1.82) is 0 Å². The van der Waals surface area contributed by atoms with Crippen LogP contribution in [0.1, 0.15) is 28.8 Å². The first-order valence-corrected chi connectivity index (χ1v) is 9.70. The first-order valence-electron chi connectivity index (χ1n) is 9.70. The van der Waals surface area contributed by atoms with E-state index in [2.05, 4.69) is 22.2 Å². The quantitative estimate of drug-likeness (QED) is 0.587. The summed E-state index contributed by atoms with van der Waals surface area (Å²) in [5, 5.41) is 2.39. The van der Waals surface area contributed by atoms with E-state index in [0.29, 0.717) is 37.6 Å². The number of piperidine rings is 1. The summed E-state index contributed by atoms with van der Waals surface area (Å²) >= 11 is 0. The monoisotopic (exact) mass is 386 g/mol. The molecule has 4 rings (SSSR count).